The molecule has 0 spiro atoms. The minimum absolute atomic E-state index is 0.0314. The molecule has 0 fully saturated rings. The van der Waals surface area contributed by atoms with Gasteiger partial charge in [-0.1, -0.05) is 0 Å². The molecule has 0 saturated carbocycles. The maximum atomic E-state index is 14.4. The highest BCUT2D eigenvalue weighted by Crippen LogP contribution is 2.40. The maximum Gasteiger partial charge on any atom is 0.235 e. The van der Waals surface area contributed by atoms with E-state index in [0.717, 1.165) is 0 Å². The molecule has 4 heterocycles. The molecule has 8 heteroatoms. The first-order valence-electron chi connectivity index (χ1n) is 6.60. The van der Waals surface area contributed by atoms with Crippen LogP contribution < -0.4 is 14.8 Å². The molecule has 1 N–H and O–H groups in total. The van der Waals surface area contributed by atoms with Gasteiger partial charge in [-0.3, -0.25) is 9.78 Å². The number of amides is 1. The Morgan fingerprint density at radius 2 is 2.14 bits per heavy atom. The molecule has 0 aromatic carbocycles. The highest BCUT2D eigenvalue weighted by atomic mass is 32.2. The minimum atomic E-state index is -0.516. The normalized spacial score (nSPS) is 16.0. The number of hydrogen-bond acceptors (Lipinski definition) is 6. The molecule has 2 aliphatic rings. The molecule has 0 atom stereocenters. The van der Waals surface area contributed by atoms with Crippen LogP contribution in [0.4, 0.5) is 10.2 Å². The number of carbonyl (C=O) groups is 1. The van der Waals surface area contributed by atoms with Gasteiger partial charge in [0.15, 0.2) is 17.3 Å². The molecule has 2 aromatic heterocycles. The van der Waals surface area contributed by atoms with Gasteiger partial charge in [-0.15, -0.1) is 11.8 Å². The second-order valence-corrected chi connectivity index (χ2v) is 5.70. The molecule has 2 aromatic rings. The quantitative estimate of drug-likeness (QED) is 0.868. The van der Waals surface area contributed by atoms with Crippen molar-refractivity contribution in [1.29, 1.82) is 0 Å². The Morgan fingerprint density at radius 1 is 1.27 bits per heavy atom. The highest BCUT2D eigenvalue weighted by Gasteiger charge is 2.25. The van der Waals surface area contributed by atoms with E-state index in [1.54, 1.807) is 6.07 Å². The topological polar surface area (TPSA) is 73.3 Å². The smallest absolute Gasteiger partial charge is 0.235 e. The fourth-order valence-corrected chi connectivity index (χ4v) is 3.08. The van der Waals surface area contributed by atoms with Gasteiger partial charge in [0, 0.05) is 12.3 Å². The molecular formula is C14H10FN3O3S. The van der Waals surface area contributed by atoms with Crippen molar-refractivity contribution >= 4 is 23.5 Å². The monoisotopic (exact) mass is 319 g/mol. The van der Waals surface area contributed by atoms with E-state index in [2.05, 4.69) is 15.3 Å². The summed E-state index contributed by atoms with van der Waals surface area (Å²) in [5.74, 6) is 0.795. The van der Waals surface area contributed by atoms with Gasteiger partial charge in [-0.2, -0.15) is 0 Å². The molecule has 1 amide bonds. The largest absolute Gasteiger partial charge is 0.486 e. The predicted molar refractivity (Wildman–Crippen MR) is 77.8 cm³/mol. The molecule has 112 valence electrons. The van der Waals surface area contributed by atoms with Gasteiger partial charge >= 0.3 is 0 Å². The fraction of sp³-hybridized carbons (Fsp3) is 0.214. The van der Waals surface area contributed by atoms with Crippen LogP contribution in [-0.4, -0.2) is 34.8 Å². The first-order chi connectivity index (χ1) is 10.7. The Balaban J connectivity index is 1.86. The third-order valence-corrected chi connectivity index (χ3v) is 4.27. The summed E-state index contributed by atoms with van der Waals surface area (Å²) >= 11 is 1.25. The van der Waals surface area contributed by atoms with Crippen molar-refractivity contribution in [3.05, 3.63) is 24.1 Å². The van der Waals surface area contributed by atoms with Crippen molar-refractivity contribution in [2.24, 2.45) is 0 Å². The lowest BCUT2D eigenvalue weighted by atomic mass is 10.2. The van der Waals surface area contributed by atoms with Crippen LogP contribution in [0, 0.1) is 5.82 Å². The summed E-state index contributed by atoms with van der Waals surface area (Å²) in [7, 11) is 0. The van der Waals surface area contributed by atoms with Gasteiger partial charge in [0.05, 0.1) is 10.6 Å². The molecule has 0 bridgehead atoms. The number of carbonyl (C=O) groups excluding carboxylic acids is 1. The van der Waals surface area contributed by atoms with Gasteiger partial charge < -0.3 is 14.8 Å². The van der Waals surface area contributed by atoms with E-state index in [1.165, 1.54) is 24.0 Å². The second kappa shape index (κ2) is 5.13. The Labute approximate surface area is 129 Å². The van der Waals surface area contributed by atoms with Crippen molar-refractivity contribution in [2.75, 3.05) is 24.3 Å². The van der Waals surface area contributed by atoms with Crippen molar-refractivity contribution in [2.45, 2.75) is 4.90 Å². The Bertz CT molecular complexity index is 784. The van der Waals surface area contributed by atoms with Gasteiger partial charge in [-0.05, 0) is 6.07 Å². The Hall–Kier alpha value is -2.35. The third-order valence-electron chi connectivity index (χ3n) is 3.24. The number of hydrogen-bond donors (Lipinski definition) is 1. The van der Waals surface area contributed by atoms with Gasteiger partial charge in [0.2, 0.25) is 5.91 Å². The van der Waals surface area contributed by atoms with Gasteiger partial charge in [0.25, 0.3) is 0 Å². The van der Waals surface area contributed by atoms with E-state index in [0.29, 0.717) is 35.4 Å². The zero-order chi connectivity index (χ0) is 15.1. The average Bonchev–Trinajstić information content (AvgIpc) is 2.54. The molecule has 0 radical (unpaired) electrons. The number of ether oxygens (including phenoxy) is 2. The Kier molecular flexibility index (Phi) is 3.11. The molecule has 4 rings (SSSR count). The van der Waals surface area contributed by atoms with Crippen LogP contribution in [0.5, 0.6) is 11.5 Å². The summed E-state index contributed by atoms with van der Waals surface area (Å²) in [6.07, 6.45) is 1.51. The van der Waals surface area contributed by atoms with E-state index in [4.69, 9.17) is 9.47 Å². The van der Waals surface area contributed by atoms with Crippen LogP contribution in [0.25, 0.3) is 11.4 Å². The van der Waals surface area contributed by atoms with E-state index >= 15 is 0 Å². The molecule has 0 unspecified atom stereocenters. The summed E-state index contributed by atoms with van der Waals surface area (Å²) in [4.78, 5) is 20.4. The standard InChI is InChI=1S/C14H10FN3O3S/c15-7-5-9-14(17-10(19)6-22-9)18-11(7)12-13-8(1-2-16-12)20-3-4-21-13/h1-2,5H,3-4,6H2,(H,17,18,19). The number of rotatable bonds is 1. The number of thioether (sulfide) groups is 1. The molecule has 6 nitrogen and oxygen atoms in total. The van der Waals surface area contributed by atoms with Crippen molar-refractivity contribution < 1.29 is 18.7 Å². The van der Waals surface area contributed by atoms with Crippen LogP contribution in [0.2, 0.25) is 0 Å². The second-order valence-electron chi connectivity index (χ2n) is 4.69. The number of fused-ring (bicyclic) bond motifs is 2. The highest BCUT2D eigenvalue weighted by molar-refractivity contribution is 8.00. The number of anilines is 1. The van der Waals surface area contributed by atoms with E-state index in [9.17, 15) is 9.18 Å². The maximum absolute atomic E-state index is 14.4. The van der Waals surface area contributed by atoms with E-state index < -0.39 is 5.82 Å². The fourth-order valence-electron chi connectivity index (χ4n) is 2.30. The SMILES string of the molecule is O=C1CSc2cc(F)c(-c3nccc4c3OCCO4)nc2N1. The lowest BCUT2D eigenvalue weighted by Gasteiger charge is -2.21. The lowest BCUT2D eigenvalue weighted by Crippen LogP contribution is -2.20. The summed E-state index contributed by atoms with van der Waals surface area (Å²) in [5, 5.41) is 2.64. The number of pyridine rings is 2. The molecule has 0 aliphatic carbocycles. The first kappa shape index (κ1) is 13.3. The third kappa shape index (κ3) is 2.16. The summed E-state index contributed by atoms with van der Waals surface area (Å²) < 4.78 is 25.4. The molecular weight excluding hydrogens is 309 g/mol. The average molecular weight is 319 g/mol. The summed E-state index contributed by atoms with van der Waals surface area (Å²) in [6, 6.07) is 3.01. The molecule has 2 aliphatic heterocycles. The van der Waals surface area contributed by atoms with Gasteiger partial charge in [-0.25, -0.2) is 9.37 Å². The van der Waals surface area contributed by atoms with E-state index in [1.807, 2.05) is 0 Å². The molecule has 22 heavy (non-hydrogen) atoms. The van der Waals surface area contributed by atoms with Crippen LogP contribution >= 0.6 is 11.8 Å². The first-order valence-corrected chi connectivity index (χ1v) is 7.59. The lowest BCUT2D eigenvalue weighted by molar-refractivity contribution is -0.113. The number of halogens is 1. The number of nitrogens with one attached hydrogen (secondary N) is 1. The Morgan fingerprint density at radius 3 is 3.05 bits per heavy atom. The van der Waals surface area contributed by atoms with Crippen LogP contribution in [-0.2, 0) is 4.79 Å². The zero-order valence-electron chi connectivity index (χ0n) is 11.3. The summed E-state index contributed by atoms with van der Waals surface area (Å²) in [6.45, 7) is 0.800. The van der Waals surface area contributed by atoms with Crippen LogP contribution in [0.1, 0.15) is 0 Å². The summed E-state index contributed by atoms with van der Waals surface area (Å²) in [5.41, 5.74) is 0.297. The van der Waals surface area contributed by atoms with Crippen LogP contribution in [0.15, 0.2) is 23.2 Å². The van der Waals surface area contributed by atoms with Crippen LogP contribution in [0.3, 0.4) is 0 Å². The van der Waals surface area contributed by atoms with Crippen molar-refractivity contribution in [1.82, 2.24) is 9.97 Å². The zero-order valence-corrected chi connectivity index (χ0v) is 12.1. The predicted octanol–water partition coefficient (Wildman–Crippen LogP) is 2.10. The van der Waals surface area contributed by atoms with Crippen molar-refractivity contribution in [3.63, 3.8) is 0 Å². The molecule has 0 saturated heterocycles. The van der Waals surface area contributed by atoms with E-state index in [-0.39, 0.29) is 23.0 Å². The van der Waals surface area contributed by atoms with Gasteiger partial charge in [0.1, 0.15) is 30.4 Å². The van der Waals surface area contributed by atoms with Crippen molar-refractivity contribution in [3.8, 4) is 22.9 Å². The number of nitrogens with zero attached hydrogens (tertiary/aromatic N) is 2. The number of aromatic nitrogens is 2. The minimum Gasteiger partial charge on any atom is -0.486 e.